The van der Waals surface area contributed by atoms with Crippen LogP contribution in [-0.2, 0) is 66.1 Å². The molecule has 3 atom stereocenters. The second-order valence-electron chi connectivity index (χ2n) is 23.6. The number of hydroxylamine groups is 1. The van der Waals surface area contributed by atoms with Gasteiger partial charge in [-0.3, -0.25) is 10.0 Å². The van der Waals surface area contributed by atoms with Crippen LogP contribution in [-0.4, -0.2) is 160 Å². The van der Waals surface area contributed by atoms with Crippen molar-refractivity contribution in [2.24, 2.45) is 5.73 Å². The molecule has 0 saturated carbocycles. The number of amides is 2. The van der Waals surface area contributed by atoms with Gasteiger partial charge in [-0.15, -0.1) is 0 Å². The number of ether oxygens (including phenoxy) is 1. The minimum absolute atomic E-state index is 0.0825. The molecular weight excluding hydrogens is 1100 g/mol. The van der Waals surface area contributed by atoms with Crippen molar-refractivity contribution < 1.29 is 28.0 Å². The molecule has 0 spiro atoms. The van der Waals surface area contributed by atoms with E-state index in [0.29, 0.717) is 29.5 Å². The summed E-state index contributed by atoms with van der Waals surface area (Å²) in [5.74, 6) is -0.361. The van der Waals surface area contributed by atoms with E-state index in [4.69, 9.17) is 15.7 Å². The largest absolute Gasteiger partial charge is 0.447 e. The molecule has 2 fully saturated rings. The monoisotopic (exact) mass is 1180 g/mol. The van der Waals surface area contributed by atoms with E-state index >= 15 is 0 Å². The molecule has 2 unspecified atom stereocenters. The molecular formula is C66H81N13O6S. The van der Waals surface area contributed by atoms with E-state index in [9.17, 15) is 18.0 Å². The van der Waals surface area contributed by atoms with E-state index in [1.807, 2.05) is 22.9 Å². The van der Waals surface area contributed by atoms with Crippen LogP contribution in [0.5, 0.6) is 0 Å². The number of alkyl carbamates (subject to hydrolysis) is 1. The normalized spacial score (nSPS) is 16.8. The molecule has 5 aromatic carbocycles. The van der Waals surface area contributed by atoms with Gasteiger partial charge in [-0.05, 0) is 212 Å². The van der Waals surface area contributed by atoms with E-state index in [1.165, 1.54) is 85.7 Å². The quantitative estimate of drug-likeness (QED) is 0.0315. The van der Waals surface area contributed by atoms with E-state index in [-0.39, 0.29) is 23.9 Å². The summed E-state index contributed by atoms with van der Waals surface area (Å²) in [5, 5.41) is 20.5. The summed E-state index contributed by atoms with van der Waals surface area (Å²) in [7, 11) is 7.33. The highest BCUT2D eigenvalue weighted by molar-refractivity contribution is 7.91. The Morgan fingerprint density at radius 2 is 1.38 bits per heavy atom. The number of hydrogen-bond acceptors (Lipinski definition) is 12. The zero-order valence-electron chi connectivity index (χ0n) is 49.9. The molecule has 0 radical (unpaired) electrons. The van der Waals surface area contributed by atoms with Gasteiger partial charge in [-0.25, -0.2) is 28.4 Å². The summed E-state index contributed by atoms with van der Waals surface area (Å²) in [6.45, 7) is 4.48. The van der Waals surface area contributed by atoms with E-state index in [1.54, 1.807) is 54.5 Å². The Bertz CT molecular complexity index is 4000. The van der Waals surface area contributed by atoms with Crippen LogP contribution in [0.25, 0.3) is 43.6 Å². The Morgan fingerprint density at radius 1 is 0.756 bits per heavy atom. The van der Waals surface area contributed by atoms with Crippen molar-refractivity contribution >= 4 is 65.4 Å². The number of benzene rings is 5. The Kier molecular flexibility index (Phi) is 19.8. The Balaban J connectivity index is 0.000000129. The number of likely N-dealkylation sites (N-methyl/N-ethyl adjacent to an activating group) is 3. The third-order valence-electron chi connectivity index (χ3n) is 16.7. The maximum Gasteiger partial charge on any atom is 0.407 e. The lowest BCUT2D eigenvalue weighted by Crippen LogP contribution is -2.28. The number of hydrogen-bond donors (Lipinski definition) is 8. The third kappa shape index (κ3) is 15.5. The number of sulfone groups is 1. The first kappa shape index (κ1) is 61.0. The predicted octanol–water partition coefficient (Wildman–Crippen LogP) is 8.76. The van der Waals surface area contributed by atoms with Crippen molar-refractivity contribution in [1.29, 1.82) is 0 Å². The number of cyclic esters (lactones) is 1. The van der Waals surface area contributed by atoms with Gasteiger partial charge in [-0.1, -0.05) is 36.4 Å². The molecule has 20 heteroatoms. The Hall–Kier alpha value is -8.11. The standard InChI is InChI=1S/C22H26N2O2S.C16H21N3O2.C15H19N5.C13H15N3O2/c1-24-12-5-6-19(24)15-18-16-23-22-10-9-17(14-21(18)22)11-13-27(25,26)20-7-3-2-4-8-20;1-19(2)6-5-12-9-17-15-4-3-11(8-14(12)15)7-13-10-21-16(20)18-13;1-19(2)6-5-13-8-17-15-4-3-12(7-14(13)15)9-20-11-16-10-18-20;14-8-2-4-12-10(6-8)9-5-7(13(17)16-18)1-3-11(9)15-12/h2-4,7-10,14,16,19,23H,5-6,11-13,15H2,1H3;3-4,8-9,13,17H,5-7,10H2,1-2H3,(H,18,20);3-4,7-8,10-11,17H,5-6,9H2,1-2H3;1,3,5,8,15,18H,2,4,6,14H2,(H,16,17)/t;13-;;/m.0../s1. The Morgan fingerprint density at radius 3 is 2.00 bits per heavy atom. The molecule has 7 heterocycles. The minimum atomic E-state index is -3.25. The second-order valence-corrected chi connectivity index (χ2v) is 25.7. The van der Waals surface area contributed by atoms with Gasteiger partial charge in [0.2, 0.25) is 0 Å². The number of carbonyl (C=O) groups is 2. The number of nitrogens with two attached hydrogens (primary N) is 1. The lowest BCUT2D eigenvalue weighted by Gasteiger charge is -2.18. The molecule has 2 saturated heterocycles. The van der Waals surface area contributed by atoms with Gasteiger partial charge in [0, 0.05) is 98.6 Å². The molecule has 3 aliphatic rings. The maximum atomic E-state index is 12.5. The van der Waals surface area contributed by atoms with E-state index < -0.39 is 15.7 Å². The first-order chi connectivity index (χ1) is 41.5. The van der Waals surface area contributed by atoms with Gasteiger partial charge in [0.15, 0.2) is 9.84 Å². The van der Waals surface area contributed by atoms with Crippen LogP contribution >= 0.6 is 0 Å². The summed E-state index contributed by atoms with van der Waals surface area (Å²) >= 11 is 0. The molecule has 1 aliphatic carbocycles. The number of nitrogens with zero attached hydrogens (tertiary/aromatic N) is 6. The van der Waals surface area contributed by atoms with Crippen molar-refractivity contribution in [2.75, 3.05) is 67.2 Å². The molecule has 2 amide bonds. The molecule has 19 nitrogen and oxygen atoms in total. The van der Waals surface area contributed by atoms with Crippen molar-refractivity contribution in [1.82, 2.24) is 60.2 Å². The van der Waals surface area contributed by atoms with Crippen LogP contribution in [0, 0.1) is 0 Å². The van der Waals surface area contributed by atoms with E-state index in [0.717, 1.165) is 86.6 Å². The zero-order chi connectivity index (χ0) is 60.3. The van der Waals surface area contributed by atoms with Crippen LogP contribution in [0.15, 0.2) is 139 Å². The van der Waals surface area contributed by atoms with Crippen LogP contribution in [0.2, 0.25) is 0 Å². The smallest absolute Gasteiger partial charge is 0.407 e. The van der Waals surface area contributed by atoms with Gasteiger partial charge >= 0.3 is 6.09 Å². The summed E-state index contributed by atoms with van der Waals surface area (Å²) < 4.78 is 31.9. The number of rotatable bonds is 17. The zero-order valence-corrected chi connectivity index (χ0v) is 50.7. The summed E-state index contributed by atoms with van der Waals surface area (Å²) in [6.07, 6.45) is 19.1. The predicted molar refractivity (Wildman–Crippen MR) is 340 cm³/mol. The molecule has 13 rings (SSSR count). The fourth-order valence-electron chi connectivity index (χ4n) is 11.8. The topological polar surface area (TPSA) is 251 Å². The van der Waals surface area contributed by atoms with Crippen LogP contribution in [0.4, 0.5) is 4.79 Å². The molecule has 0 bridgehead atoms. The van der Waals surface area contributed by atoms with Crippen LogP contribution in [0.3, 0.4) is 0 Å². The number of likely N-dealkylation sites (tertiary alicyclic amines) is 1. The summed E-state index contributed by atoms with van der Waals surface area (Å²) in [4.78, 5) is 47.1. The number of H-pyrrole nitrogens is 4. The number of carbonyl (C=O) groups excluding carboxylic acids is 2. The van der Waals surface area contributed by atoms with Crippen LogP contribution < -0.4 is 16.5 Å². The average Bonchev–Trinajstić information content (AvgIpc) is 3.35. The lowest BCUT2D eigenvalue weighted by atomic mass is 9.92. The molecule has 452 valence electrons. The van der Waals surface area contributed by atoms with Crippen molar-refractivity contribution in [2.45, 2.75) is 93.8 Å². The number of aromatic amines is 4. The minimum Gasteiger partial charge on any atom is -0.447 e. The number of nitrogens with one attached hydrogen (secondary N) is 6. The van der Waals surface area contributed by atoms with Gasteiger partial charge in [0.25, 0.3) is 5.91 Å². The first-order valence-corrected chi connectivity index (χ1v) is 31.3. The Labute approximate surface area is 502 Å². The van der Waals surface area contributed by atoms with Gasteiger partial charge in [0.05, 0.1) is 23.2 Å². The van der Waals surface area contributed by atoms with E-state index in [2.05, 4.69) is 152 Å². The van der Waals surface area contributed by atoms with Gasteiger partial charge in [-0.2, -0.15) is 5.10 Å². The highest BCUT2D eigenvalue weighted by atomic mass is 32.2. The molecule has 9 N–H and O–H groups in total. The molecule has 2 aliphatic heterocycles. The number of fused-ring (bicyclic) bond motifs is 6. The highest BCUT2D eigenvalue weighted by Crippen LogP contribution is 2.31. The highest BCUT2D eigenvalue weighted by Gasteiger charge is 2.25. The van der Waals surface area contributed by atoms with Crippen molar-refractivity contribution in [3.8, 4) is 0 Å². The van der Waals surface area contributed by atoms with Crippen LogP contribution in [0.1, 0.15) is 74.3 Å². The molecule has 86 heavy (non-hydrogen) atoms. The van der Waals surface area contributed by atoms with Crippen molar-refractivity contribution in [3.05, 3.63) is 185 Å². The second kappa shape index (κ2) is 27.9. The number of aryl methyl sites for hydroxylation is 2. The van der Waals surface area contributed by atoms with Gasteiger partial charge in [0.1, 0.15) is 19.3 Å². The van der Waals surface area contributed by atoms with Gasteiger partial charge < -0.3 is 50.4 Å². The molecule has 5 aromatic heterocycles. The summed E-state index contributed by atoms with van der Waals surface area (Å²) in [5.41, 5.74) is 22.6. The third-order valence-corrected chi connectivity index (χ3v) is 18.4. The first-order valence-electron chi connectivity index (χ1n) is 29.7. The SMILES string of the molecule is CN(C)CCc1c[nH]c2ccc(C[C@H]3COC(=O)N3)cc12.CN(C)CCc1c[nH]c2ccc(Cn3cncn3)cc12.CN1CCCC1Cc1c[nH]c2ccc(CCS(=O)(=O)c3ccccc3)cc12.NC1CCc2[nH]c3ccc(C(=O)NO)cc3c2C1. The number of aromatic nitrogens is 7. The fourth-order valence-corrected chi connectivity index (χ4v) is 13.1. The lowest BCUT2D eigenvalue weighted by molar-refractivity contribution is 0.0706. The average molecular weight is 1180 g/mol. The fraction of sp³-hybridized carbons (Fsp3) is 0.364. The summed E-state index contributed by atoms with van der Waals surface area (Å²) in [6, 6.07) is 34.2. The molecule has 10 aromatic rings. The maximum absolute atomic E-state index is 12.5. The van der Waals surface area contributed by atoms with Crippen molar-refractivity contribution in [3.63, 3.8) is 0 Å².